The van der Waals surface area contributed by atoms with Crippen LogP contribution in [-0.2, 0) is 10.0 Å². The number of rotatable bonds is 5. The maximum atomic E-state index is 12.2. The Bertz CT molecular complexity index is 670. The first-order valence-electron chi connectivity index (χ1n) is 6.10. The van der Waals surface area contributed by atoms with Crippen molar-refractivity contribution in [1.29, 1.82) is 0 Å². The fraction of sp³-hybridized carbons (Fsp3) is 0.417. The number of sulfonamides is 1. The van der Waals surface area contributed by atoms with E-state index in [2.05, 4.69) is 4.72 Å². The summed E-state index contributed by atoms with van der Waals surface area (Å²) in [5, 5.41) is 17.7. The van der Waals surface area contributed by atoms with Crippen LogP contribution >= 0.6 is 23.2 Å². The van der Waals surface area contributed by atoms with E-state index in [4.69, 9.17) is 33.4 Å². The van der Waals surface area contributed by atoms with Crippen LogP contribution in [0.3, 0.4) is 0 Å². The molecular formula is C12H13Cl2NO5S. The average molecular weight is 354 g/mol. The van der Waals surface area contributed by atoms with Crippen LogP contribution in [0.5, 0.6) is 0 Å². The number of carboxylic acid groups (broad SMARTS) is 1. The van der Waals surface area contributed by atoms with E-state index >= 15 is 0 Å². The number of halogens is 2. The molecule has 1 aliphatic rings. The van der Waals surface area contributed by atoms with E-state index in [1.165, 1.54) is 0 Å². The molecule has 116 valence electrons. The van der Waals surface area contributed by atoms with Crippen molar-refractivity contribution in [3.8, 4) is 0 Å². The highest BCUT2D eigenvalue weighted by atomic mass is 35.5. The number of hydrogen-bond donors (Lipinski definition) is 3. The largest absolute Gasteiger partial charge is 0.478 e. The van der Waals surface area contributed by atoms with Gasteiger partial charge >= 0.3 is 5.97 Å². The summed E-state index contributed by atoms with van der Waals surface area (Å²) in [6.45, 7) is 0.157. The average Bonchev–Trinajstić information content (AvgIpc) is 2.35. The van der Waals surface area contributed by atoms with E-state index in [-0.39, 0.29) is 39.1 Å². The fourth-order valence-electron chi connectivity index (χ4n) is 2.09. The summed E-state index contributed by atoms with van der Waals surface area (Å²) in [4.78, 5) is 10.7. The molecule has 0 saturated heterocycles. The Labute approximate surface area is 131 Å². The van der Waals surface area contributed by atoms with Crippen LogP contribution < -0.4 is 4.72 Å². The third-order valence-corrected chi connectivity index (χ3v) is 5.48. The summed E-state index contributed by atoms with van der Waals surface area (Å²) in [5.74, 6) is -1.30. The lowest BCUT2D eigenvalue weighted by atomic mass is 9.83. The van der Waals surface area contributed by atoms with Gasteiger partial charge in [-0.25, -0.2) is 17.9 Å². The van der Waals surface area contributed by atoms with Gasteiger partial charge in [0.25, 0.3) is 0 Å². The number of carbonyl (C=O) groups is 1. The van der Waals surface area contributed by atoms with Crippen molar-refractivity contribution in [2.75, 3.05) is 6.54 Å². The molecule has 0 atom stereocenters. The molecule has 1 saturated carbocycles. The van der Waals surface area contributed by atoms with Crippen molar-refractivity contribution in [2.45, 2.75) is 23.8 Å². The van der Waals surface area contributed by atoms with Gasteiger partial charge in [0.1, 0.15) is 4.90 Å². The van der Waals surface area contributed by atoms with Crippen LogP contribution in [0.25, 0.3) is 0 Å². The molecule has 0 amide bonds. The van der Waals surface area contributed by atoms with E-state index in [9.17, 15) is 13.2 Å². The molecule has 9 heteroatoms. The Balaban J connectivity index is 2.25. The number of aliphatic hydroxyl groups is 1. The highest BCUT2D eigenvalue weighted by molar-refractivity contribution is 7.89. The molecule has 1 aromatic rings. The van der Waals surface area contributed by atoms with E-state index in [1.54, 1.807) is 0 Å². The topological polar surface area (TPSA) is 104 Å². The molecule has 0 unspecified atom stereocenters. The molecule has 0 bridgehead atoms. The molecule has 1 fully saturated rings. The number of aromatic carboxylic acids is 1. The minimum atomic E-state index is -3.97. The smallest absolute Gasteiger partial charge is 0.337 e. The quantitative estimate of drug-likeness (QED) is 0.747. The molecule has 1 aromatic carbocycles. The fourth-order valence-corrected chi connectivity index (χ4v) is 4.10. The standard InChI is InChI=1S/C12H13Cl2NO5S/c13-7-3-9(12(17)18)11(14)10(4-7)21(19,20)15-5-6-1-8(16)2-6/h3-4,6,8,15-16H,1-2,5H2,(H,17,18). The Morgan fingerprint density at radius 2 is 1.95 bits per heavy atom. The first-order chi connectivity index (χ1) is 9.70. The predicted octanol–water partition coefficient (Wildman–Crippen LogP) is 1.74. The van der Waals surface area contributed by atoms with Crippen LogP contribution in [0.2, 0.25) is 10.0 Å². The minimum absolute atomic E-state index is 0.0313. The maximum absolute atomic E-state index is 12.2. The Hall–Kier alpha value is -0.860. The number of nitrogens with one attached hydrogen (secondary N) is 1. The van der Waals surface area contributed by atoms with Gasteiger partial charge in [0, 0.05) is 11.6 Å². The van der Waals surface area contributed by atoms with Crippen LogP contribution in [-0.4, -0.2) is 37.2 Å². The second-order valence-corrected chi connectivity index (χ2v) is 7.46. The molecule has 0 radical (unpaired) electrons. The number of hydrogen-bond acceptors (Lipinski definition) is 4. The normalized spacial score (nSPS) is 21.9. The zero-order chi connectivity index (χ0) is 15.8. The summed E-state index contributed by atoms with van der Waals surface area (Å²) >= 11 is 11.6. The summed E-state index contributed by atoms with van der Waals surface area (Å²) in [7, 11) is -3.97. The number of carboxylic acids is 1. The van der Waals surface area contributed by atoms with Gasteiger partial charge in [0.2, 0.25) is 10.0 Å². The third-order valence-electron chi connectivity index (χ3n) is 3.30. The summed E-state index contributed by atoms with van der Waals surface area (Å²) in [6.07, 6.45) is 0.686. The summed E-state index contributed by atoms with van der Waals surface area (Å²) in [6, 6.07) is 2.20. The van der Waals surface area contributed by atoms with Gasteiger partial charge in [-0.1, -0.05) is 23.2 Å². The van der Waals surface area contributed by atoms with Crippen molar-refractivity contribution in [2.24, 2.45) is 5.92 Å². The molecule has 1 aliphatic carbocycles. The monoisotopic (exact) mass is 353 g/mol. The van der Waals surface area contributed by atoms with Gasteiger partial charge in [-0.2, -0.15) is 0 Å². The lowest BCUT2D eigenvalue weighted by molar-refractivity contribution is 0.0453. The first kappa shape index (κ1) is 16.5. The predicted molar refractivity (Wildman–Crippen MR) is 77.3 cm³/mol. The van der Waals surface area contributed by atoms with Gasteiger partial charge in [-0.3, -0.25) is 0 Å². The maximum Gasteiger partial charge on any atom is 0.337 e. The molecule has 0 spiro atoms. The Kier molecular flexibility index (Phi) is 4.79. The molecule has 0 heterocycles. The SMILES string of the molecule is O=C(O)c1cc(Cl)cc(S(=O)(=O)NCC2CC(O)C2)c1Cl. The number of benzene rings is 1. The van der Waals surface area contributed by atoms with Gasteiger partial charge in [-0.05, 0) is 30.9 Å². The van der Waals surface area contributed by atoms with E-state index < -0.39 is 16.0 Å². The minimum Gasteiger partial charge on any atom is -0.478 e. The lowest BCUT2D eigenvalue weighted by Crippen LogP contribution is -2.38. The summed E-state index contributed by atoms with van der Waals surface area (Å²) < 4.78 is 26.7. The first-order valence-corrected chi connectivity index (χ1v) is 8.34. The van der Waals surface area contributed by atoms with Crippen molar-refractivity contribution in [3.63, 3.8) is 0 Å². The van der Waals surface area contributed by atoms with E-state index in [0.717, 1.165) is 12.1 Å². The molecule has 3 N–H and O–H groups in total. The van der Waals surface area contributed by atoms with Crippen LogP contribution in [0.15, 0.2) is 17.0 Å². The molecule has 2 rings (SSSR count). The van der Waals surface area contributed by atoms with Gasteiger partial charge < -0.3 is 10.2 Å². The van der Waals surface area contributed by atoms with Crippen molar-refractivity contribution in [3.05, 3.63) is 27.7 Å². The third kappa shape index (κ3) is 3.67. The van der Waals surface area contributed by atoms with Gasteiger partial charge in [-0.15, -0.1) is 0 Å². The van der Waals surface area contributed by atoms with Crippen molar-refractivity contribution in [1.82, 2.24) is 4.72 Å². The van der Waals surface area contributed by atoms with Crippen LogP contribution in [0, 0.1) is 5.92 Å². The van der Waals surface area contributed by atoms with E-state index in [1.807, 2.05) is 0 Å². The zero-order valence-corrected chi connectivity index (χ0v) is 13.0. The highest BCUT2D eigenvalue weighted by Crippen LogP contribution is 2.31. The van der Waals surface area contributed by atoms with Crippen LogP contribution in [0.1, 0.15) is 23.2 Å². The highest BCUT2D eigenvalue weighted by Gasteiger charge is 2.30. The molecule has 21 heavy (non-hydrogen) atoms. The van der Waals surface area contributed by atoms with Crippen LogP contribution in [0.4, 0.5) is 0 Å². The van der Waals surface area contributed by atoms with Gasteiger partial charge in [0.05, 0.1) is 16.7 Å². The second-order valence-electron chi connectivity index (χ2n) is 4.91. The van der Waals surface area contributed by atoms with E-state index in [0.29, 0.717) is 12.8 Å². The zero-order valence-electron chi connectivity index (χ0n) is 10.7. The van der Waals surface area contributed by atoms with Crippen molar-refractivity contribution < 1.29 is 23.4 Å². The molecular weight excluding hydrogens is 341 g/mol. The Morgan fingerprint density at radius 1 is 1.33 bits per heavy atom. The van der Waals surface area contributed by atoms with Gasteiger partial charge in [0.15, 0.2) is 0 Å². The lowest BCUT2D eigenvalue weighted by Gasteiger charge is -2.31. The molecule has 0 aliphatic heterocycles. The van der Waals surface area contributed by atoms with Crippen molar-refractivity contribution >= 4 is 39.2 Å². The second kappa shape index (κ2) is 6.10. The Morgan fingerprint density at radius 3 is 2.48 bits per heavy atom. The number of aliphatic hydroxyl groups excluding tert-OH is 1. The molecule has 0 aromatic heterocycles. The molecule has 6 nitrogen and oxygen atoms in total. The summed E-state index contributed by atoms with van der Waals surface area (Å²) in [5.41, 5.74) is -0.372.